The van der Waals surface area contributed by atoms with Gasteiger partial charge in [0, 0.05) is 45.5 Å². The molecule has 0 unspecified atom stereocenters. The Kier molecular flexibility index (Phi) is 5.26. The summed E-state index contributed by atoms with van der Waals surface area (Å²) in [6, 6.07) is 3.65. The van der Waals surface area contributed by atoms with Gasteiger partial charge in [-0.25, -0.2) is 4.98 Å². The highest BCUT2D eigenvalue weighted by Crippen LogP contribution is 2.23. The summed E-state index contributed by atoms with van der Waals surface area (Å²) in [7, 11) is 0. The number of pyridine rings is 1. The molecule has 25 heavy (non-hydrogen) atoms. The molecule has 0 N–H and O–H groups in total. The molecular weight excluding hydrogens is 342 g/mol. The van der Waals surface area contributed by atoms with Gasteiger partial charge in [0.1, 0.15) is 5.15 Å². The van der Waals surface area contributed by atoms with Crippen molar-refractivity contribution in [2.75, 3.05) is 39.3 Å². The normalized spacial score (nSPS) is 22.5. The lowest BCUT2D eigenvalue weighted by atomic mass is 10.2. The quantitative estimate of drug-likeness (QED) is 0.753. The first-order valence-electron chi connectivity index (χ1n) is 8.78. The zero-order chi connectivity index (χ0) is 17.1. The Bertz CT molecular complexity index is 696. The molecule has 7 nitrogen and oxygen atoms in total. The van der Waals surface area contributed by atoms with E-state index in [-0.39, 0.29) is 0 Å². The molecule has 0 saturated carbocycles. The van der Waals surface area contributed by atoms with E-state index < -0.39 is 0 Å². The van der Waals surface area contributed by atoms with E-state index in [9.17, 15) is 0 Å². The molecule has 0 spiro atoms. The van der Waals surface area contributed by atoms with Crippen molar-refractivity contribution in [2.45, 2.75) is 25.5 Å². The summed E-state index contributed by atoms with van der Waals surface area (Å²) in [6.45, 7) is 6.74. The van der Waals surface area contributed by atoms with Gasteiger partial charge in [-0.2, -0.15) is 4.98 Å². The van der Waals surface area contributed by atoms with Gasteiger partial charge in [0.2, 0.25) is 11.7 Å². The summed E-state index contributed by atoms with van der Waals surface area (Å²) in [4.78, 5) is 13.3. The number of aromatic nitrogens is 3. The number of nitrogens with zero attached hydrogens (tertiary/aromatic N) is 5. The summed E-state index contributed by atoms with van der Waals surface area (Å²) in [5.41, 5.74) is 0.695. The molecule has 0 aromatic carbocycles. The smallest absolute Gasteiger partial charge is 0.241 e. The van der Waals surface area contributed by atoms with Crippen LogP contribution in [0.2, 0.25) is 5.15 Å². The first kappa shape index (κ1) is 16.9. The highest BCUT2D eigenvalue weighted by Gasteiger charge is 2.24. The van der Waals surface area contributed by atoms with Crippen molar-refractivity contribution in [3.05, 3.63) is 29.4 Å². The van der Waals surface area contributed by atoms with E-state index >= 15 is 0 Å². The van der Waals surface area contributed by atoms with Crippen LogP contribution in [0.1, 0.15) is 18.7 Å². The van der Waals surface area contributed by atoms with Crippen LogP contribution in [-0.4, -0.2) is 70.4 Å². The van der Waals surface area contributed by atoms with Gasteiger partial charge in [0.05, 0.1) is 18.2 Å². The van der Waals surface area contributed by atoms with Crippen molar-refractivity contribution in [2.24, 2.45) is 0 Å². The molecule has 134 valence electrons. The number of halogens is 1. The molecule has 4 heterocycles. The lowest BCUT2D eigenvalue weighted by Gasteiger charge is -2.34. The van der Waals surface area contributed by atoms with E-state index in [1.54, 1.807) is 6.20 Å². The molecule has 0 aliphatic carbocycles. The predicted octanol–water partition coefficient (Wildman–Crippen LogP) is 2.08. The molecule has 0 radical (unpaired) electrons. The van der Waals surface area contributed by atoms with Crippen LogP contribution in [0.5, 0.6) is 0 Å². The Morgan fingerprint density at radius 1 is 1.20 bits per heavy atom. The maximum Gasteiger partial charge on any atom is 0.241 e. The van der Waals surface area contributed by atoms with Gasteiger partial charge in [0.15, 0.2) is 0 Å². The second-order valence-electron chi connectivity index (χ2n) is 6.57. The van der Waals surface area contributed by atoms with Gasteiger partial charge in [-0.3, -0.25) is 9.80 Å². The van der Waals surface area contributed by atoms with Crippen LogP contribution in [0.4, 0.5) is 0 Å². The lowest BCUT2D eigenvalue weighted by molar-refractivity contribution is 0.0468. The monoisotopic (exact) mass is 363 g/mol. The Hall–Kier alpha value is -1.54. The minimum Gasteiger partial charge on any atom is -0.377 e. The first-order valence-corrected chi connectivity index (χ1v) is 9.15. The standard InChI is InChI=1S/C17H22ClN5O2/c18-16-14(4-1-5-19-16)17-20-15(25-21-17)12-23-8-6-22(7-9-23)11-13-3-2-10-24-13/h1,4-5,13H,2-3,6-12H2/t13-/m0/s1. The van der Waals surface area contributed by atoms with Crippen molar-refractivity contribution in [3.8, 4) is 11.4 Å². The predicted molar refractivity (Wildman–Crippen MR) is 93.2 cm³/mol. The molecule has 0 bridgehead atoms. The van der Waals surface area contributed by atoms with E-state index in [0.29, 0.717) is 35.1 Å². The average Bonchev–Trinajstić information content (AvgIpc) is 3.29. The molecule has 2 fully saturated rings. The Labute approximate surface area is 151 Å². The van der Waals surface area contributed by atoms with Gasteiger partial charge in [-0.15, -0.1) is 0 Å². The fourth-order valence-corrected chi connectivity index (χ4v) is 3.58. The van der Waals surface area contributed by atoms with Crippen LogP contribution in [0.15, 0.2) is 22.9 Å². The van der Waals surface area contributed by atoms with E-state index in [0.717, 1.165) is 39.3 Å². The maximum absolute atomic E-state index is 6.09. The summed E-state index contributed by atoms with van der Waals surface area (Å²) in [5.74, 6) is 1.10. The van der Waals surface area contributed by atoms with Crippen LogP contribution in [-0.2, 0) is 11.3 Å². The fourth-order valence-electron chi connectivity index (χ4n) is 3.38. The number of rotatable bonds is 5. The largest absolute Gasteiger partial charge is 0.377 e. The minimum atomic E-state index is 0.387. The van der Waals surface area contributed by atoms with Gasteiger partial charge in [0.25, 0.3) is 0 Å². The number of ether oxygens (including phenoxy) is 1. The zero-order valence-corrected chi connectivity index (χ0v) is 14.9. The summed E-state index contributed by atoms with van der Waals surface area (Å²) in [6.07, 6.45) is 4.46. The minimum absolute atomic E-state index is 0.387. The van der Waals surface area contributed by atoms with E-state index in [1.807, 2.05) is 12.1 Å². The maximum atomic E-state index is 6.09. The molecule has 2 aromatic heterocycles. The topological polar surface area (TPSA) is 67.5 Å². The number of hydrogen-bond acceptors (Lipinski definition) is 7. The van der Waals surface area contributed by atoms with Gasteiger partial charge < -0.3 is 9.26 Å². The highest BCUT2D eigenvalue weighted by molar-refractivity contribution is 6.31. The third-order valence-electron chi connectivity index (χ3n) is 4.78. The second-order valence-corrected chi connectivity index (χ2v) is 6.92. The fraction of sp³-hybridized carbons (Fsp3) is 0.588. The number of hydrogen-bond donors (Lipinski definition) is 0. The summed E-state index contributed by atoms with van der Waals surface area (Å²) >= 11 is 6.09. The molecule has 2 aromatic rings. The van der Waals surface area contributed by atoms with E-state index in [1.165, 1.54) is 12.8 Å². The highest BCUT2D eigenvalue weighted by atomic mass is 35.5. The number of piperazine rings is 1. The first-order chi connectivity index (χ1) is 12.3. The van der Waals surface area contributed by atoms with Gasteiger partial charge >= 0.3 is 0 Å². The third-order valence-corrected chi connectivity index (χ3v) is 5.08. The van der Waals surface area contributed by atoms with E-state index in [2.05, 4.69) is 24.9 Å². The van der Waals surface area contributed by atoms with Crippen molar-refractivity contribution >= 4 is 11.6 Å². The average molecular weight is 364 g/mol. The van der Waals surface area contributed by atoms with Crippen LogP contribution in [0.3, 0.4) is 0 Å². The van der Waals surface area contributed by atoms with Gasteiger partial charge in [-0.05, 0) is 25.0 Å². The molecule has 2 saturated heterocycles. The van der Waals surface area contributed by atoms with Crippen molar-refractivity contribution < 1.29 is 9.26 Å². The summed E-state index contributed by atoms with van der Waals surface area (Å²) in [5, 5.41) is 4.42. The molecule has 8 heteroatoms. The van der Waals surface area contributed by atoms with Crippen molar-refractivity contribution in [1.29, 1.82) is 0 Å². The SMILES string of the molecule is Clc1ncccc1-c1noc(CN2CCN(C[C@@H]3CCCO3)CC2)n1. The molecule has 0 amide bonds. The molecule has 4 rings (SSSR count). The molecule has 2 aliphatic rings. The molecule has 1 atom stereocenters. The van der Waals surface area contributed by atoms with Gasteiger partial charge in [-0.1, -0.05) is 16.8 Å². The van der Waals surface area contributed by atoms with Crippen LogP contribution >= 0.6 is 11.6 Å². The Morgan fingerprint density at radius 3 is 2.80 bits per heavy atom. The van der Waals surface area contributed by atoms with Crippen LogP contribution in [0.25, 0.3) is 11.4 Å². The zero-order valence-electron chi connectivity index (χ0n) is 14.1. The lowest BCUT2D eigenvalue weighted by Crippen LogP contribution is -2.48. The Balaban J connectivity index is 1.29. The molecular formula is C17H22ClN5O2. The second kappa shape index (κ2) is 7.78. The van der Waals surface area contributed by atoms with Crippen molar-refractivity contribution in [1.82, 2.24) is 24.9 Å². The Morgan fingerprint density at radius 2 is 2.04 bits per heavy atom. The van der Waals surface area contributed by atoms with E-state index in [4.69, 9.17) is 20.9 Å². The van der Waals surface area contributed by atoms with Crippen LogP contribution in [0, 0.1) is 0 Å². The van der Waals surface area contributed by atoms with Crippen molar-refractivity contribution in [3.63, 3.8) is 0 Å². The van der Waals surface area contributed by atoms with Crippen LogP contribution < -0.4 is 0 Å². The third kappa shape index (κ3) is 4.17. The summed E-state index contributed by atoms with van der Waals surface area (Å²) < 4.78 is 11.1. The molecule has 2 aliphatic heterocycles.